The van der Waals surface area contributed by atoms with Crippen LogP contribution in [0.1, 0.15) is 5.56 Å². The van der Waals surface area contributed by atoms with Crippen molar-refractivity contribution in [1.82, 2.24) is 9.55 Å². The Balaban J connectivity index is 1.90. The maximum absolute atomic E-state index is 13.0. The molecule has 4 rings (SSSR count). The van der Waals surface area contributed by atoms with E-state index in [1.54, 1.807) is 11.3 Å². The first kappa shape index (κ1) is 13.0. The number of hydrogen-bond donors (Lipinski definition) is 0. The zero-order valence-electron chi connectivity index (χ0n) is 10.9. The number of aromatic nitrogens is 2. The fourth-order valence-electron chi connectivity index (χ4n) is 2.51. The summed E-state index contributed by atoms with van der Waals surface area (Å²) in [5.74, 6) is -0.213. The molecular weight excluding hydrogens is 351 g/mol. The first-order chi connectivity index (χ1) is 10.2. The van der Waals surface area contributed by atoms with Gasteiger partial charge in [0.2, 0.25) is 0 Å². The van der Waals surface area contributed by atoms with Crippen LogP contribution >= 0.6 is 27.3 Å². The molecule has 0 saturated carbocycles. The van der Waals surface area contributed by atoms with E-state index in [-0.39, 0.29) is 5.82 Å². The van der Waals surface area contributed by atoms with E-state index in [4.69, 9.17) is 0 Å². The van der Waals surface area contributed by atoms with E-state index in [9.17, 15) is 4.39 Å². The standard InChI is InChI=1S/C16H10BrFN2S/c17-16-19-15-14(12-3-1-2-4-13(12)21-15)20(16)9-10-5-7-11(18)8-6-10/h1-8H,9H2. The van der Waals surface area contributed by atoms with Crippen LogP contribution in [0.25, 0.3) is 20.4 Å². The van der Waals surface area contributed by atoms with Gasteiger partial charge >= 0.3 is 0 Å². The maximum Gasteiger partial charge on any atom is 0.179 e. The Hall–Kier alpha value is -1.72. The van der Waals surface area contributed by atoms with Crippen LogP contribution in [0.15, 0.2) is 53.3 Å². The molecule has 0 radical (unpaired) electrons. The summed E-state index contributed by atoms with van der Waals surface area (Å²) in [6.45, 7) is 0.665. The zero-order chi connectivity index (χ0) is 14.4. The number of imidazole rings is 1. The second kappa shape index (κ2) is 4.93. The minimum Gasteiger partial charge on any atom is -0.313 e. The lowest BCUT2D eigenvalue weighted by atomic mass is 10.2. The minimum absolute atomic E-state index is 0.213. The smallest absolute Gasteiger partial charge is 0.179 e. The van der Waals surface area contributed by atoms with Crippen LogP contribution in [-0.2, 0) is 6.54 Å². The number of benzene rings is 2. The number of fused-ring (bicyclic) bond motifs is 3. The highest BCUT2D eigenvalue weighted by atomic mass is 79.9. The molecule has 0 aliphatic rings. The van der Waals surface area contributed by atoms with Crippen LogP contribution in [0.4, 0.5) is 4.39 Å². The van der Waals surface area contributed by atoms with E-state index >= 15 is 0 Å². The highest BCUT2D eigenvalue weighted by Gasteiger charge is 2.14. The number of rotatable bonds is 2. The van der Waals surface area contributed by atoms with Crippen molar-refractivity contribution in [2.24, 2.45) is 0 Å². The summed E-state index contributed by atoms with van der Waals surface area (Å²) in [6.07, 6.45) is 0. The monoisotopic (exact) mass is 360 g/mol. The Morgan fingerprint density at radius 2 is 1.86 bits per heavy atom. The lowest BCUT2D eigenvalue weighted by Gasteiger charge is -2.06. The first-order valence-electron chi connectivity index (χ1n) is 6.50. The SMILES string of the molecule is Fc1ccc(Cn2c(Br)nc3sc4ccccc4c32)cc1. The van der Waals surface area contributed by atoms with Gasteiger partial charge in [0.25, 0.3) is 0 Å². The minimum atomic E-state index is -0.213. The largest absolute Gasteiger partial charge is 0.313 e. The topological polar surface area (TPSA) is 17.8 Å². The van der Waals surface area contributed by atoms with E-state index in [1.165, 1.54) is 22.2 Å². The number of thiophene rings is 1. The van der Waals surface area contributed by atoms with Crippen molar-refractivity contribution in [3.8, 4) is 0 Å². The number of nitrogens with zero attached hydrogens (tertiary/aromatic N) is 2. The Morgan fingerprint density at radius 3 is 2.67 bits per heavy atom. The molecular formula is C16H10BrFN2S. The van der Waals surface area contributed by atoms with Gasteiger partial charge in [-0.25, -0.2) is 9.37 Å². The van der Waals surface area contributed by atoms with E-state index < -0.39 is 0 Å². The van der Waals surface area contributed by atoms with Gasteiger partial charge in [-0.05, 0) is 39.7 Å². The fraction of sp³-hybridized carbons (Fsp3) is 0.0625. The molecule has 0 bridgehead atoms. The third-order valence-electron chi connectivity index (χ3n) is 3.49. The van der Waals surface area contributed by atoms with Crippen LogP contribution in [0.2, 0.25) is 0 Å². The Bertz CT molecular complexity index is 940. The third kappa shape index (κ3) is 2.17. The molecule has 2 heterocycles. The van der Waals surface area contributed by atoms with Gasteiger partial charge < -0.3 is 4.57 Å². The van der Waals surface area contributed by atoms with Crippen LogP contribution in [0.3, 0.4) is 0 Å². The van der Waals surface area contributed by atoms with Crippen molar-refractivity contribution in [2.45, 2.75) is 6.54 Å². The van der Waals surface area contributed by atoms with E-state index in [0.717, 1.165) is 20.6 Å². The zero-order valence-corrected chi connectivity index (χ0v) is 13.3. The van der Waals surface area contributed by atoms with E-state index in [0.29, 0.717) is 6.54 Å². The highest BCUT2D eigenvalue weighted by molar-refractivity contribution is 9.10. The summed E-state index contributed by atoms with van der Waals surface area (Å²) in [6, 6.07) is 14.9. The van der Waals surface area contributed by atoms with Gasteiger partial charge in [0, 0.05) is 10.1 Å². The third-order valence-corrected chi connectivity index (χ3v) is 5.15. The molecule has 0 saturated heterocycles. The van der Waals surface area contributed by atoms with Crippen LogP contribution in [-0.4, -0.2) is 9.55 Å². The van der Waals surface area contributed by atoms with Crippen molar-refractivity contribution in [3.63, 3.8) is 0 Å². The molecule has 2 aromatic heterocycles. The van der Waals surface area contributed by atoms with Gasteiger partial charge in [-0.15, -0.1) is 11.3 Å². The van der Waals surface area contributed by atoms with Crippen molar-refractivity contribution >= 4 is 47.7 Å². The molecule has 2 aromatic carbocycles. The molecule has 0 spiro atoms. The lowest BCUT2D eigenvalue weighted by Crippen LogP contribution is -2.00. The van der Waals surface area contributed by atoms with Gasteiger partial charge in [-0.3, -0.25) is 0 Å². The van der Waals surface area contributed by atoms with Gasteiger partial charge in [0.15, 0.2) is 4.73 Å². The number of halogens is 2. The summed E-state index contributed by atoms with van der Waals surface area (Å²) in [7, 11) is 0. The molecule has 4 aromatic rings. The Kier molecular flexibility index (Phi) is 3.05. The van der Waals surface area contributed by atoms with Gasteiger partial charge in [-0.2, -0.15) is 0 Å². The summed E-state index contributed by atoms with van der Waals surface area (Å²) in [4.78, 5) is 5.61. The van der Waals surface area contributed by atoms with Gasteiger partial charge in [-0.1, -0.05) is 30.3 Å². The molecule has 0 fully saturated rings. The average molecular weight is 361 g/mol. The summed E-state index contributed by atoms with van der Waals surface area (Å²) < 4.78 is 17.2. The molecule has 0 atom stereocenters. The van der Waals surface area contributed by atoms with Crippen molar-refractivity contribution < 1.29 is 4.39 Å². The molecule has 0 aliphatic carbocycles. The van der Waals surface area contributed by atoms with Gasteiger partial charge in [0.05, 0.1) is 12.1 Å². The van der Waals surface area contributed by atoms with Crippen molar-refractivity contribution in [1.29, 1.82) is 0 Å². The predicted octanol–water partition coefficient (Wildman–Crippen LogP) is 5.20. The Morgan fingerprint density at radius 1 is 1.10 bits per heavy atom. The molecule has 104 valence electrons. The van der Waals surface area contributed by atoms with Crippen LogP contribution < -0.4 is 0 Å². The highest BCUT2D eigenvalue weighted by Crippen LogP contribution is 2.35. The average Bonchev–Trinajstić information content (AvgIpc) is 2.98. The summed E-state index contributed by atoms with van der Waals surface area (Å²) in [5, 5.41) is 1.21. The second-order valence-electron chi connectivity index (χ2n) is 4.85. The first-order valence-corrected chi connectivity index (χ1v) is 8.11. The van der Waals surface area contributed by atoms with E-state index in [1.807, 2.05) is 24.3 Å². The second-order valence-corrected chi connectivity index (χ2v) is 6.59. The number of hydrogen-bond acceptors (Lipinski definition) is 2. The molecule has 21 heavy (non-hydrogen) atoms. The van der Waals surface area contributed by atoms with Gasteiger partial charge in [0.1, 0.15) is 10.6 Å². The normalized spacial score (nSPS) is 11.5. The predicted molar refractivity (Wildman–Crippen MR) is 88.3 cm³/mol. The maximum atomic E-state index is 13.0. The van der Waals surface area contributed by atoms with Crippen LogP contribution in [0.5, 0.6) is 0 Å². The molecule has 0 amide bonds. The molecule has 0 N–H and O–H groups in total. The summed E-state index contributed by atoms with van der Waals surface area (Å²) in [5.41, 5.74) is 2.18. The van der Waals surface area contributed by atoms with Crippen LogP contribution in [0, 0.1) is 5.82 Å². The lowest BCUT2D eigenvalue weighted by molar-refractivity contribution is 0.626. The molecule has 0 aliphatic heterocycles. The fourth-order valence-corrected chi connectivity index (χ4v) is 4.18. The molecule has 5 heteroatoms. The molecule has 2 nitrogen and oxygen atoms in total. The van der Waals surface area contributed by atoms with Crippen molar-refractivity contribution in [2.75, 3.05) is 0 Å². The molecule has 0 unspecified atom stereocenters. The van der Waals surface area contributed by atoms with E-state index in [2.05, 4.69) is 37.6 Å². The summed E-state index contributed by atoms with van der Waals surface area (Å²) >= 11 is 5.22. The van der Waals surface area contributed by atoms with Crippen molar-refractivity contribution in [3.05, 3.63) is 64.6 Å². The Labute approximate surface area is 133 Å². The quantitative estimate of drug-likeness (QED) is 0.480.